The number of fused-ring (bicyclic) bond motifs is 1. The lowest BCUT2D eigenvalue weighted by Crippen LogP contribution is -2.34. The van der Waals surface area contributed by atoms with Crippen LogP contribution in [0.1, 0.15) is 5.56 Å². The predicted molar refractivity (Wildman–Crippen MR) is 120 cm³/mol. The molecule has 1 unspecified atom stereocenters. The highest BCUT2D eigenvalue weighted by Gasteiger charge is 2.37. The van der Waals surface area contributed by atoms with Crippen molar-refractivity contribution >= 4 is 52.2 Å². The van der Waals surface area contributed by atoms with E-state index >= 15 is 0 Å². The van der Waals surface area contributed by atoms with Crippen molar-refractivity contribution in [3.05, 3.63) is 54.1 Å². The highest BCUT2D eigenvalue weighted by Crippen LogP contribution is 2.33. The van der Waals surface area contributed by atoms with Crippen molar-refractivity contribution in [3.8, 4) is 5.75 Å². The maximum absolute atomic E-state index is 12.5. The van der Waals surface area contributed by atoms with Gasteiger partial charge >= 0.3 is 0 Å². The number of nitrogens with one attached hydrogen (secondary N) is 1. The molecule has 30 heavy (non-hydrogen) atoms. The first-order valence-corrected chi connectivity index (χ1v) is 10.2. The average Bonchev–Trinajstić information content (AvgIpc) is 3.18. The molecule has 2 aliphatic rings. The zero-order chi connectivity index (χ0) is 21.1. The summed E-state index contributed by atoms with van der Waals surface area (Å²) in [6.07, 6.45) is 1.52. The van der Waals surface area contributed by atoms with E-state index in [0.29, 0.717) is 23.0 Å². The zero-order valence-corrected chi connectivity index (χ0v) is 17.2. The lowest BCUT2D eigenvalue weighted by molar-refractivity contribution is -0.118. The summed E-state index contributed by atoms with van der Waals surface area (Å²) in [7, 11) is 1.57. The number of ether oxygens (including phenoxy) is 1. The minimum atomic E-state index is -0.638. The molecule has 9 heteroatoms. The molecule has 0 fully saturated rings. The molecule has 152 valence electrons. The molecule has 0 aliphatic carbocycles. The number of aryl methyl sites for hydroxylation is 1. The molecule has 2 heterocycles. The molecule has 0 saturated carbocycles. The number of methoxy groups -OCH3 is 1. The summed E-state index contributed by atoms with van der Waals surface area (Å²) in [5.41, 5.74) is 2.50. The fourth-order valence-corrected chi connectivity index (χ4v) is 3.63. The van der Waals surface area contributed by atoms with Gasteiger partial charge < -0.3 is 10.1 Å². The van der Waals surface area contributed by atoms with Crippen molar-refractivity contribution in [2.45, 2.75) is 6.92 Å². The number of benzene rings is 2. The maximum Gasteiger partial charge on any atom is 0.264 e. The van der Waals surface area contributed by atoms with Gasteiger partial charge in [-0.3, -0.25) is 9.59 Å². The fourth-order valence-electron chi connectivity index (χ4n) is 2.99. The Morgan fingerprint density at radius 2 is 1.93 bits per heavy atom. The van der Waals surface area contributed by atoms with Crippen molar-refractivity contribution in [3.63, 3.8) is 0 Å². The topological polar surface area (TPSA) is 95.7 Å². The Labute approximate surface area is 177 Å². The number of hydrogen-bond acceptors (Lipinski definition) is 7. The number of hydrazone groups is 1. The summed E-state index contributed by atoms with van der Waals surface area (Å²) >= 11 is 1.10. The highest BCUT2D eigenvalue weighted by molar-refractivity contribution is 8.14. The number of aliphatic imine (C=N–C) groups is 2. The number of hydrogen-bond donors (Lipinski definition) is 1. The van der Waals surface area contributed by atoms with E-state index in [-0.39, 0.29) is 22.7 Å². The fraction of sp³-hybridized carbons (Fsp3) is 0.190. The summed E-state index contributed by atoms with van der Waals surface area (Å²) in [5.74, 6) is -0.0638. The molecule has 1 atom stereocenters. The van der Waals surface area contributed by atoms with Crippen LogP contribution in [0.4, 0.5) is 11.4 Å². The molecule has 0 bridgehead atoms. The number of thioether (sulfide) groups is 1. The minimum absolute atomic E-state index is 0.0803. The third-order valence-electron chi connectivity index (χ3n) is 4.49. The quantitative estimate of drug-likeness (QED) is 0.800. The Balaban J connectivity index is 1.47. The summed E-state index contributed by atoms with van der Waals surface area (Å²) in [4.78, 5) is 33.2. The van der Waals surface area contributed by atoms with Crippen molar-refractivity contribution in [1.29, 1.82) is 0 Å². The molecule has 2 aliphatic heterocycles. The van der Waals surface area contributed by atoms with E-state index in [0.717, 1.165) is 17.3 Å². The Bertz CT molecular complexity index is 1080. The number of para-hydroxylation sites is 2. The first-order chi connectivity index (χ1) is 14.5. The van der Waals surface area contributed by atoms with Crippen LogP contribution in [0.5, 0.6) is 5.75 Å². The van der Waals surface area contributed by atoms with Crippen LogP contribution in [0.2, 0.25) is 0 Å². The first kappa shape index (κ1) is 19.8. The number of amidine groups is 2. The second-order valence-electron chi connectivity index (χ2n) is 6.63. The van der Waals surface area contributed by atoms with E-state index in [4.69, 9.17) is 4.74 Å². The van der Waals surface area contributed by atoms with Gasteiger partial charge in [0.25, 0.3) is 5.91 Å². The van der Waals surface area contributed by atoms with Crippen molar-refractivity contribution in [2.24, 2.45) is 21.0 Å². The third kappa shape index (κ3) is 4.11. The summed E-state index contributed by atoms with van der Waals surface area (Å²) in [5, 5.41) is 8.94. The highest BCUT2D eigenvalue weighted by atomic mass is 32.2. The minimum Gasteiger partial charge on any atom is -0.494 e. The van der Waals surface area contributed by atoms with Gasteiger partial charge in [0.05, 0.1) is 12.9 Å². The maximum atomic E-state index is 12.5. The zero-order valence-electron chi connectivity index (χ0n) is 16.4. The molecule has 4 rings (SSSR count). The number of carbonyl (C=O) groups is 2. The van der Waals surface area contributed by atoms with Crippen LogP contribution >= 0.6 is 11.8 Å². The standard InChI is InChI=1S/C21H19N5O3S/c1-13-7-9-14(10-8-13)23-18(27)12-30-21-24-19-15(20(28)25-21)11-22-26(19)16-5-3-4-6-17(16)29-2/h3-11,15H,12H2,1-2H3,(H,23,27). The van der Waals surface area contributed by atoms with Crippen molar-refractivity contribution < 1.29 is 14.3 Å². The second-order valence-corrected chi connectivity index (χ2v) is 7.57. The van der Waals surface area contributed by atoms with E-state index in [1.165, 1.54) is 6.21 Å². The molecular formula is C21H19N5O3S. The lowest BCUT2D eigenvalue weighted by Gasteiger charge is -2.21. The Hall–Kier alpha value is -3.46. The number of rotatable bonds is 5. The molecule has 2 aromatic carbocycles. The van der Waals surface area contributed by atoms with Gasteiger partial charge in [-0.05, 0) is 31.2 Å². The van der Waals surface area contributed by atoms with Crippen LogP contribution < -0.4 is 15.1 Å². The summed E-state index contributed by atoms with van der Waals surface area (Å²) in [6, 6.07) is 14.9. The molecule has 2 amide bonds. The molecule has 0 saturated heterocycles. The van der Waals surface area contributed by atoms with Crippen molar-refractivity contribution in [1.82, 2.24) is 0 Å². The molecule has 8 nitrogen and oxygen atoms in total. The SMILES string of the molecule is COc1ccccc1N1N=CC2C(=O)N=C(SCC(=O)Nc3ccc(C)cc3)N=C21. The Morgan fingerprint density at radius 3 is 2.70 bits per heavy atom. The normalized spacial score (nSPS) is 17.3. The number of carbonyl (C=O) groups excluding carboxylic acids is 2. The summed E-state index contributed by atoms with van der Waals surface area (Å²) < 4.78 is 5.39. The van der Waals surface area contributed by atoms with E-state index in [1.54, 1.807) is 12.1 Å². The van der Waals surface area contributed by atoms with Gasteiger partial charge in [-0.1, -0.05) is 41.6 Å². The molecular weight excluding hydrogens is 402 g/mol. The van der Waals surface area contributed by atoms with Gasteiger partial charge in [0.15, 0.2) is 11.0 Å². The third-order valence-corrected chi connectivity index (χ3v) is 5.34. The van der Waals surface area contributed by atoms with E-state index in [1.807, 2.05) is 55.5 Å². The summed E-state index contributed by atoms with van der Waals surface area (Å²) in [6.45, 7) is 1.98. The van der Waals surface area contributed by atoms with Gasteiger partial charge in [0.2, 0.25) is 5.91 Å². The van der Waals surface area contributed by atoms with Crippen LogP contribution in [-0.4, -0.2) is 41.9 Å². The molecule has 0 spiro atoms. The smallest absolute Gasteiger partial charge is 0.264 e. The first-order valence-electron chi connectivity index (χ1n) is 9.23. The molecule has 0 aromatic heterocycles. The molecule has 2 aromatic rings. The van der Waals surface area contributed by atoms with Crippen LogP contribution in [0, 0.1) is 12.8 Å². The number of anilines is 2. The monoisotopic (exact) mass is 421 g/mol. The van der Waals surface area contributed by atoms with E-state index < -0.39 is 5.92 Å². The average molecular weight is 421 g/mol. The largest absolute Gasteiger partial charge is 0.494 e. The van der Waals surface area contributed by atoms with Gasteiger partial charge in [0, 0.05) is 11.9 Å². The van der Waals surface area contributed by atoms with Gasteiger partial charge in [-0.15, -0.1) is 0 Å². The Morgan fingerprint density at radius 1 is 1.17 bits per heavy atom. The van der Waals surface area contributed by atoms with Crippen LogP contribution in [0.3, 0.4) is 0 Å². The Kier molecular flexibility index (Phi) is 5.62. The predicted octanol–water partition coefficient (Wildman–Crippen LogP) is 3.09. The number of amides is 2. The van der Waals surface area contributed by atoms with Crippen molar-refractivity contribution in [2.75, 3.05) is 23.2 Å². The van der Waals surface area contributed by atoms with Crippen LogP contribution in [0.15, 0.2) is 63.6 Å². The molecule has 0 radical (unpaired) electrons. The lowest BCUT2D eigenvalue weighted by atomic mass is 10.1. The molecule has 1 N–H and O–H groups in total. The van der Waals surface area contributed by atoms with Crippen LogP contribution in [-0.2, 0) is 9.59 Å². The second kappa shape index (κ2) is 8.50. The van der Waals surface area contributed by atoms with Gasteiger partial charge in [-0.2, -0.15) is 10.1 Å². The van der Waals surface area contributed by atoms with Gasteiger partial charge in [-0.25, -0.2) is 10.0 Å². The van der Waals surface area contributed by atoms with Gasteiger partial charge in [0.1, 0.15) is 17.4 Å². The van der Waals surface area contributed by atoms with E-state index in [2.05, 4.69) is 20.4 Å². The van der Waals surface area contributed by atoms with E-state index in [9.17, 15) is 9.59 Å². The van der Waals surface area contributed by atoms with Crippen LogP contribution in [0.25, 0.3) is 0 Å². The number of nitrogens with zero attached hydrogens (tertiary/aromatic N) is 4.